The third-order valence-electron chi connectivity index (χ3n) is 5.47. The molecule has 4 rings (SSSR count). The van der Waals surface area contributed by atoms with E-state index in [0.29, 0.717) is 49.9 Å². The second-order valence-electron chi connectivity index (χ2n) is 8.12. The Hall–Kier alpha value is -3.72. The van der Waals surface area contributed by atoms with Crippen LogP contribution < -0.4 is 15.6 Å². The summed E-state index contributed by atoms with van der Waals surface area (Å²) in [5.41, 5.74) is 2.12. The van der Waals surface area contributed by atoms with Crippen molar-refractivity contribution in [2.75, 3.05) is 6.54 Å². The van der Waals surface area contributed by atoms with E-state index in [9.17, 15) is 18.8 Å². The maximum absolute atomic E-state index is 13.8. The van der Waals surface area contributed by atoms with E-state index in [4.69, 9.17) is 4.74 Å². The molecule has 0 saturated carbocycles. The quantitative estimate of drug-likeness (QED) is 0.375. The van der Waals surface area contributed by atoms with Crippen molar-refractivity contribution in [3.63, 3.8) is 0 Å². The number of aryl methyl sites for hydroxylation is 3. The second kappa shape index (κ2) is 8.90. The predicted molar refractivity (Wildman–Crippen MR) is 131 cm³/mol. The summed E-state index contributed by atoms with van der Waals surface area (Å²) in [6.07, 6.45) is 1.66. The summed E-state index contributed by atoms with van der Waals surface area (Å²) in [5, 5.41) is 3.26. The number of ketones is 1. The normalized spacial score (nSPS) is 11.1. The number of nitrogens with one attached hydrogen (secondary N) is 2. The van der Waals surface area contributed by atoms with E-state index in [1.807, 2.05) is 6.92 Å². The number of ether oxygens (including phenoxy) is 1. The number of benzene rings is 1. The molecule has 0 bridgehead atoms. The van der Waals surface area contributed by atoms with Gasteiger partial charge < -0.3 is 19.6 Å². The SMILES string of the molecule is CCNC(=O)c1cc2c(-c3sc(C(C)=O)cc3Oc3c(C)cc(F)cc3C)cn(C)c(=O)c2[nH]1. The number of amides is 1. The zero-order valence-electron chi connectivity index (χ0n) is 19.5. The number of fused-ring (bicyclic) bond motifs is 1. The molecule has 7 nitrogen and oxygen atoms in total. The molecular weight excluding hydrogens is 457 g/mol. The average molecular weight is 482 g/mol. The number of hydrogen-bond acceptors (Lipinski definition) is 5. The number of Topliss-reactive ketones (excluding diaryl/α,β-unsaturated/α-hetero) is 1. The lowest BCUT2D eigenvalue weighted by atomic mass is 10.1. The van der Waals surface area contributed by atoms with Crippen LogP contribution >= 0.6 is 11.3 Å². The summed E-state index contributed by atoms with van der Waals surface area (Å²) in [7, 11) is 1.62. The zero-order chi connectivity index (χ0) is 24.7. The number of carbonyl (C=O) groups excluding carboxylic acids is 2. The lowest BCUT2D eigenvalue weighted by molar-refractivity contribution is 0.0950. The molecule has 0 aliphatic carbocycles. The minimum Gasteiger partial charge on any atom is -0.455 e. The summed E-state index contributed by atoms with van der Waals surface area (Å²) < 4.78 is 21.5. The standard InChI is InChI=1S/C25H24FN3O4S/c1-6-27-24(31)18-9-16-17(11-29(5)25(32)21(16)28-18)23-19(10-20(34-23)14(4)30)33-22-12(2)7-15(26)8-13(22)3/h7-11,28H,6H2,1-5H3,(H,27,31). The molecule has 1 aromatic carbocycles. The number of aromatic nitrogens is 2. The first-order valence-corrected chi connectivity index (χ1v) is 11.5. The van der Waals surface area contributed by atoms with E-state index < -0.39 is 0 Å². The minimum atomic E-state index is -0.359. The van der Waals surface area contributed by atoms with Crippen LogP contribution in [0.5, 0.6) is 11.5 Å². The first-order chi connectivity index (χ1) is 16.1. The van der Waals surface area contributed by atoms with Crippen molar-refractivity contribution in [1.82, 2.24) is 14.9 Å². The Kier molecular flexibility index (Phi) is 6.14. The summed E-state index contributed by atoms with van der Waals surface area (Å²) in [5.74, 6) is 0.0906. The molecular formula is C25H24FN3O4S. The molecule has 0 atom stereocenters. The summed E-state index contributed by atoms with van der Waals surface area (Å²) in [6.45, 7) is 7.22. The number of nitrogens with zero attached hydrogens (tertiary/aromatic N) is 1. The van der Waals surface area contributed by atoms with Gasteiger partial charge in [-0.3, -0.25) is 14.4 Å². The van der Waals surface area contributed by atoms with Crippen LogP contribution in [0.25, 0.3) is 21.3 Å². The zero-order valence-corrected chi connectivity index (χ0v) is 20.3. The topological polar surface area (TPSA) is 93.2 Å². The van der Waals surface area contributed by atoms with Crippen LogP contribution in [0, 0.1) is 19.7 Å². The van der Waals surface area contributed by atoms with Crippen molar-refractivity contribution in [1.29, 1.82) is 0 Å². The Morgan fingerprint density at radius 2 is 1.85 bits per heavy atom. The average Bonchev–Trinajstić information content (AvgIpc) is 3.39. The Bertz CT molecular complexity index is 1490. The molecule has 0 unspecified atom stereocenters. The van der Waals surface area contributed by atoms with Crippen LogP contribution in [0.1, 0.15) is 45.1 Å². The highest BCUT2D eigenvalue weighted by atomic mass is 32.1. The van der Waals surface area contributed by atoms with E-state index in [1.54, 1.807) is 39.2 Å². The molecule has 3 heterocycles. The van der Waals surface area contributed by atoms with Gasteiger partial charge in [0.25, 0.3) is 11.5 Å². The smallest absolute Gasteiger partial charge is 0.274 e. The highest BCUT2D eigenvalue weighted by Gasteiger charge is 2.22. The van der Waals surface area contributed by atoms with Crippen LogP contribution in [-0.4, -0.2) is 27.8 Å². The summed E-state index contributed by atoms with van der Waals surface area (Å²) >= 11 is 1.23. The van der Waals surface area contributed by atoms with Gasteiger partial charge in [0.2, 0.25) is 0 Å². The minimum absolute atomic E-state index is 0.133. The Morgan fingerprint density at radius 1 is 1.18 bits per heavy atom. The molecule has 34 heavy (non-hydrogen) atoms. The molecule has 0 aliphatic rings. The molecule has 4 aromatic rings. The van der Waals surface area contributed by atoms with E-state index in [0.717, 1.165) is 0 Å². The highest BCUT2D eigenvalue weighted by Crippen LogP contribution is 2.44. The monoisotopic (exact) mass is 481 g/mol. The number of aromatic amines is 1. The second-order valence-corrected chi connectivity index (χ2v) is 9.17. The summed E-state index contributed by atoms with van der Waals surface area (Å²) in [6, 6.07) is 6.05. The Balaban J connectivity index is 1.95. The highest BCUT2D eigenvalue weighted by molar-refractivity contribution is 7.18. The van der Waals surface area contributed by atoms with E-state index in [2.05, 4.69) is 10.3 Å². The maximum Gasteiger partial charge on any atom is 0.274 e. The third kappa shape index (κ3) is 4.14. The predicted octanol–water partition coefficient (Wildman–Crippen LogP) is 5.10. The molecule has 0 fully saturated rings. The van der Waals surface area contributed by atoms with E-state index in [-0.39, 0.29) is 34.3 Å². The third-order valence-corrected chi connectivity index (χ3v) is 6.72. The number of thiophene rings is 1. The van der Waals surface area contributed by atoms with E-state index in [1.165, 1.54) is 35.0 Å². The van der Waals surface area contributed by atoms with Crippen molar-refractivity contribution >= 4 is 33.9 Å². The molecule has 9 heteroatoms. The number of carbonyl (C=O) groups is 2. The number of H-pyrrole nitrogens is 1. The maximum atomic E-state index is 13.8. The van der Waals surface area contributed by atoms with Gasteiger partial charge in [-0.05, 0) is 57.0 Å². The Morgan fingerprint density at radius 3 is 2.47 bits per heavy atom. The lowest BCUT2D eigenvalue weighted by Crippen LogP contribution is -2.23. The van der Waals surface area contributed by atoms with Crippen molar-refractivity contribution in [2.45, 2.75) is 27.7 Å². The van der Waals surface area contributed by atoms with Gasteiger partial charge in [0.05, 0.1) is 9.75 Å². The molecule has 176 valence electrons. The molecule has 2 N–H and O–H groups in total. The fourth-order valence-electron chi connectivity index (χ4n) is 3.87. The fourth-order valence-corrected chi connectivity index (χ4v) is 4.88. The number of pyridine rings is 1. The van der Waals surface area contributed by atoms with Crippen molar-refractivity contribution in [2.24, 2.45) is 7.05 Å². The van der Waals surface area contributed by atoms with Gasteiger partial charge in [0.1, 0.15) is 28.5 Å². The van der Waals surface area contributed by atoms with Crippen LogP contribution in [0.2, 0.25) is 0 Å². The molecule has 0 aliphatic heterocycles. The molecule has 3 aromatic heterocycles. The van der Waals surface area contributed by atoms with Crippen LogP contribution in [0.4, 0.5) is 4.39 Å². The fraction of sp³-hybridized carbons (Fsp3) is 0.240. The summed E-state index contributed by atoms with van der Waals surface area (Å²) in [4.78, 5) is 41.5. The Labute approximate surface area is 199 Å². The number of hydrogen-bond donors (Lipinski definition) is 2. The van der Waals surface area contributed by atoms with Gasteiger partial charge in [-0.25, -0.2) is 4.39 Å². The van der Waals surface area contributed by atoms with Crippen molar-refractivity contribution in [3.05, 3.63) is 68.3 Å². The van der Waals surface area contributed by atoms with Crippen molar-refractivity contribution in [3.8, 4) is 21.9 Å². The molecule has 0 radical (unpaired) electrons. The largest absolute Gasteiger partial charge is 0.455 e. The van der Waals surface area contributed by atoms with Gasteiger partial charge in [-0.2, -0.15) is 0 Å². The van der Waals surface area contributed by atoms with Gasteiger partial charge in [0, 0.05) is 36.8 Å². The van der Waals surface area contributed by atoms with Gasteiger partial charge in [-0.1, -0.05) is 0 Å². The van der Waals surface area contributed by atoms with Crippen LogP contribution in [0.15, 0.2) is 35.3 Å². The van der Waals surface area contributed by atoms with E-state index >= 15 is 0 Å². The first kappa shape index (κ1) is 23.4. The molecule has 0 spiro atoms. The van der Waals surface area contributed by atoms with Crippen LogP contribution in [-0.2, 0) is 7.05 Å². The van der Waals surface area contributed by atoms with Gasteiger partial charge in [-0.15, -0.1) is 11.3 Å². The molecule has 0 saturated heterocycles. The lowest BCUT2D eigenvalue weighted by Gasteiger charge is -2.13. The van der Waals surface area contributed by atoms with Crippen molar-refractivity contribution < 1.29 is 18.7 Å². The van der Waals surface area contributed by atoms with Crippen LogP contribution in [0.3, 0.4) is 0 Å². The van der Waals surface area contributed by atoms with Gasteiger partial charge in [0.15, 0.2) is 5.78 Å². The van der Waals surface area contributed by atoms with Gasteiger partial charge >= 0.3 is 0 Å². The number of rotatable bonds is 6. The molecule has 1 amide bonds. The first-order valence-electron chi connectivity index (χ1n) is 10.7. The number of halogens is 1.